The van der Waals surface area contributed by atoms with Gasteiger partial charge in [0.2, 0.25) is 0 Å². The number of halogens is 1. The van der Waals surface area contributed by atoms with Crippen LogP contribution in [0.15, 0.2) is 48.9 Å². The summed E-state index contributed by atoms with van der Waals surface area (Å²) in [5.41, 5.74) is 2.71. The molecule has 0 fully saturated rings. The monoisotopic (exact) mass is 341 g/mol. The van der Waals surface area contributed by atoms with Crippen LogP contribution >= 0.6 is 0 Å². The van der Waals surface area contributed by atoms with Crippen LogP contribution in [0.25, 0.3) is 0 Å². The van der Waals surface area contributed by atoms with E-state index in [9.17, 15) is 4.39 Å². The van der Waals surface area contributed by atoms with Gasteiger partial charge in [0.15, 0.2) is 23.1 Å². The van der Waals surface area contributed by atoms with Gasteiger partial charge in [-0.1, -0.05) is 13.0 Å². The lowest BCUT2D eigenvalue weighted by Gasteiger charge is -2.13. The highest BCUT2D eigenvalue weighted by atomic mass is 19.1. The first-order valence-corrected chi connectivity index (χ1v) is 8.05. The first-order valence-electron chi connectivity index (χ1n) is 8.05. The summed E-state index contributed by atoms with van der Waals surface area (Å²) in [5, 5.41) is 3.13. The Morgan fingerprint density at radius 1 is 1.12 bits per heavy atom. The van der Waals surface area contributed by atoms with Crippen molar-refractivity contribution in [2.75, 3.05) is 12.4 Å². The SMILES string of the molecule is CCc1ccc(Oc2ccc(NCc3cnc[nH]3)cc2F)c(OC)c1. The number of methoxy groups -OCH3 is 1. The third kappa shape index (κ3) is 4.09. The second-order valence-electron chi connectivity index (χ2n) is 5.52. The van der Waals surface area contributed by atoms with Crippen molar-refractivity contribution >= 4 is 5.69 Å². The second kappa shape index (κ2) is 7.70. The van der Waals surface area contributed by atoms with Crippen LogP contribution in [0.1, 0.15) is 18.2 Å². The van der Waals surface area contributed by atoms with Gasteiger partial charge in [-0.2, -0.15) is 0 Å². The molecule has 0 spiro atoms. The number of nitrogens with zero attached hydrogens (tertiary/aromatic N) is 1. The Morgan fingerprint density at radius 3 is 2.64 bits per heavy atom. The molecule has 6 heteroatoms. The Balaban J connectivity index is 1.73. The van der Waals surface area contributed by atoms with Gasteiger partial charge in [-0.15, -0.1) is 0 Å². The van der Waals surface area contributed by atoms with Crippen molar-refractivity contribution in [1.82, 2.24) is 9.97 Å². The molecule has 0 saturated heterocycles. The van der Waals surface area contributed by atoms with E-state index in [4.69, 9.17) is 9.47 Å². The smallest absolute Gasteiger partial charge is 0.169 e. The molecule has 25 heavy (non-hydrogen) atoms. The normalized spacial score (nSPS) is 10.5. The van der Waals surface area contributed by atoms with Crippen LogP contribution in [0.2, 0.25) is 0 Å². The Hall–Kier alpha value is -3.02. The number of rotatable bonds is 7. The molecule has 1 aromatic heterocycles. The minimum absolute atomic E-state index is 0.148. The third-order valence-corrected chi connectivity index (χ3v) is 3.83. The van der Waals surface area contributed by atoms with Gasteiger partial charge in [0.25, 0.3) is 0 Å². The maximum absolute atomic E-state index is 14.4. The van der Waals surface area contributed by atoms with Gasteiger partial charge in [-0.25, -0.2) is 9.37 Å². The molecule has 0 saturated carbocycles. The average molecular weight is 341 g/mol. The zero-order chi connectivity index (χ0) is 17.6. The van der Waals surface area contributed by atoms with Gasteiger partial charge < -0.3 is 19.8 Å². The van der Waals surface area contributed by atoms with E-state index in [1.165, 1.54) is 6.07 Å². The van der Waals surface area contributed by atoms with Gasteiger partial charge >= 0.3 is 0 Å². The Bertz CT molecular complexity index is 835. The highest BCUT2D eigenvalue weighted by Crippen LogP contribution is 2.34. The standard InChI is InChI=1S/C19H20FN3O2/c1-3-13-4-6-18(19(8-13)24-2)25-17-7-5-14(9-16(17)20)22-11-15-10-21-12-23-15/h4-10,12,22H,3,11H2,1-2H3,(H,21,23). The maximum Gasteiger partial charge on any atom is 0.169 e. The number of aromatic amines is 1. The molecule has 130 valence electrons. The van der Waals surface area contributed by atoms with Crippen LogP contribution in [0.3, 0.4) is 0 Å². The highest BCUT2D eigenvalue weighted by Gasteiger charge is 2.11. The fourth-order valence-corrected chi connectivity index (χ4v) is 2.41. The number of H-pyrrole nitrogens is 1. The van der Waals surface area contributed by atoms with Crippen molar-refractivity contribution in [3.8, 4) is 17.2 Å². The fraction of sp³-hybridized carbons (Fsp3) is 0.211. The molecule has 0 amide bonds. The molecule has 0 atom stereocenters. The summed E-state index contributed by atoms with van der Waals surface area (Å²) >= 11 is 0. The summed E-state index contributed by atoms with van der Waals surface area (Å²) in [5.74, 6) is 0.767. The highest BCUT2D eigenvalue weighted by molar-refractivity contribution is 5.50. The summed E-state index contributed by atoms with van der Waals surface area (Å²) in [6.45, 7) is 2.59. The molecule has 2 aromatic carbocycles. The zero-order valence-electron chi connectivity index (χ0n) is 14.2. The largest absolute Gasteiger partial charge is 0.493 e. The number of hydrogen-bond donors (Lipinski definition) is 2. The average Bonchev–Trinajstić information content (AvgIpc) is 3.15. The van der Waals surface area contributed by atoms with Crippen LogP contribution in [-0.4, -0.2) is 17.1 Å². The Kier molecular flexibility index (Phi) is 5.18. The fourth-order valence-electron chi connectivity index (χ4n) is 2.41. The Labute approximate surface area is 145 Å². The molecule has 2 N–H and O–H groups in total. The van der Waals surface area contributed by atoms with E-state index in [1.807, 2.05) is 12.1 Å². The minimum atomic E-state index is -0.448. The van der Waals surface area contributed by atoms with Gasteiger partial charge in [0.05, 0.1) is 25.7 Å². The second-order valence-corrected chi connectivity index (χ2v) is 5.52. The van der Waals surface area contributed by atoms with Crippen LogP contribution in [0, 0.1) is 5.82 Å². The van der Waals surface area contributed by atoms with E-state index >= 15 is 0 Å². The molecule has 0 aliphatic carbocycles. The maximum atomic E-state index is 14.4. The summed E-state index contributed by atoms with van der Waals surface area (Å²) in [7, 11) is 1.57. The van der Waals surface area contributed by atoms with Crippen LogP contribution < -0.4 is 14.8 Å². The van der Waals surface area contributed by atoms with Gasteiger partial charge in [0, 0.05) is 18.0 Å². The molecule has 0 bridgehead atoms. The summed E-state index contributed by atoms with van der Waals surface area (Å²) in [4.78, 5) is 6.92. The lowest BCUT2D eigenvalue weighted by Crippen LogP contribution is -2.00. The van der Waals surface area contributed by atoms with Crippen molar-refractivity contribution in [3.05, 3.63) is 66.0 Å². The lowest BCUT2D eigenvalue weighted by molar-refractivity contribution is 0.370. The Morgan fingerprint density at radius 2 is 1.96 bits per heavy atom. The number of imidazole rings is 1. The van der Waals surface area contributed by atoms with E-state index in [1.54, 1.807) is 37.8 Å². The molecule has 0 aliphatic heterocycles. The molecular weight excluding hydrogens is 321 g/mol. The molecular formula is C19H20FN3O2. The summed E-state index contributed by atoms with van der Waals surface area (Å²) in [6.07, 6.45) is 4.21. The van der Waals surface area contributed by atoms with E-state index in [-0.39, 0.29) is 5.75 Å². The number of hydrogen-bond acceptors (Lipinski definition) is 4. The number of benzene rings is 2. The van der Waals surface area contributed by atoms with E-state index in [0.29, 0.717) is 23.7 Å². The van der Waals surface area contributed by atoms with Gasteiger partial charge in [-0.3, -0.25) is 0 Å². The lowest BCUT2D eigenvalue weighted by atomic mass is 10.1. The van der Waals surface area contributed by atoms with Crippen molar-refractivity contribution in [2.24, 2.45) is 0 Å². The summed E-state index contributed by atoms with van der Waals surface area (Å²) in [6, 6.07) is 10.4. The molecule has 1 heterocycles. The molecule has 5 nitrogen and oxygen atoms in total. The number of aryl methyl sites for hydroxylation is 1. The number of nitrogens with one attached hydrogen (secondary N) is 2. The quantitative estimate of drug-likeness (QED) is 0.663. The zero-order valence-corrected chi connectivity index (χ0v) is 14.2. The van der Waals surface area contributed by atoms with Gasteiger partial charge in [-0.05, 0) is 36.2 Å². The van der Waals surface area contributed by atoms with E-state index in [2.05, 4.69) is 22.2 Å². The molecule has 0 aliphatic rings. The molecule has 0 radical (unpaired) electrons. The van der Waals surface area contributed by atoms with Crippen LogP contribution in [0.4, 0.5) is 10.1 Å². The summed E-state index contributed by atoms with van der Waals surface area (Å²) < 4.78 is 25.4. The number of anilines is 1. The van der Waals surface area contributed by atoms with Crippen molar-refractivity contribution in [2.45, 2.75) is 19.9 Å². The van der Waals surface area contributed by atoms with Crippen molar-refractivity contribution in [3.63, 3.8) is 0 Å². The van der Waals surface area contributed by atoms with Crippen molar-refractivity contribution in [1.29, 1.82) is 0 Å². The number of ether oxygens (including phenoxy) is 2. The predicted molar refractivity (Wildman–Crippen MR) is 94.8 cm³/mol. The van der Waals surface area contributed by atoms with Gasteiger partial charge in [0.1, 0.15) is 0 Å². The minimum Gasteiger partial charge on any atom is -0.493 e. The van der Waals surface area contributed by atoms with E-state index in [0.717, 1.165) is 17.7 Å². The van der Waals surface area contributed by atoms with E-state index < -0.39 is 5.82 Å². The number of aromatic nitrogens is 2. The van der Waals surface area contributed by atoms with Crippen molar-refractivity contribution < 1.29 is 13.9 Å². The molecule has 0 unspecified atom stereocenters. The first kappa shape index (κ1) is 16.8. The topological polar surface area (TPSA) is 59.2 Å². The first-order chi connectivity index (χ1) is 12.2. The van der Waals surface area contributed by atoms with Crippen LogP contribution in [-0.2, 0) is 13.0 Å². The van der Waals surface area contributed by atoms with Crippen LogP contribution in [0.5, 0.6) is 17.2 Å². The predicted octanol–water partition coefficient (Wildman–Crippen LogP) is 4.52. The third-order valence-electron chi connectivity index (χ3n) is 3.83. The molecule has 3 rings (SSSR count). The molecule has 3 aromatic rings.